The zero-order valence-corrected chi connectivity index (χ0v) is 17.1. The highest BCUT2D eigenvalue weighted by Gasteiger charge is 2.17. The second kappa shape index (κ2) is 8.21. The molecule has 3 aromatic heterocycles. The quantitative estimate of drug-likeness (QED) is 0.307. The first-order valence-electron chi connectivity index (χ1n) is 8.45. The van der Waals surface area contributed by atoms with Crippen LogP contribution in [0, 0.1) is 6.92 Å². The van der Waals surface area contributed by atoms with Crippen molar-refractivity contribution < 1.29 is 4.79 Å². The van der Waals surface area contributed by atoms with Gasteiger partial charge in [-0.2, -0.15) is 0 Å². The van der Waals surface area contributed by atoms with E-state index in [9.17, 15) is 4.79 Å². The molecular weight excluding hydrogens is 394 g/mol. The molecular formula is C20H17N3OS3. The molecule has 0 spiro atoms. The smallest absolute Gasteiger partial charge is 0.196 e. The number of carbonyl (C=O) groups excluding carboxylic acids is 1. The maximum Gasteiger partial charge on any atom is 0.196 e. The predicted molar refractivity (Wildman–Crippen MR) is 113 cm³/mol. The van der Waals surface area contributed by atoms with Crippen molar-refractivity contribution in [3.8, 4) is 5.69 Å². The maximum atomic E-state index is 12.5. The first-order chi connectivity index (χ1) is 13.2. The Balaban J connectivity index is 1.60. The number of aromatic nitrogens is 3. The lowest BCUT2D eigenvalue weighted by Gasteiger charge is -2.09. The van der Waals surface area contributed by atoms with Crippen molar-refractivity contribution in [3.63, 3.8) is 0 Å². The van der Waals surface area contributed by atoms with E-state index in [2.05, 4.69) is 26.2 Å². The summed E-state index contributed by atoms with van der Waals surface area (Å²) >= 11 is 4.68. The van der Waals surface area contributed by atoms with Gasteiger partial charge in [-0.3, -0.25) is 9.36 Å². The van der Waals surface area contributed by atoms with E-state index in [0.29, 0.717) is 5.75 Å². The second-order valence-electron chi connectivity index (χ2n) is 5.95. The summed E-state index contributed by atoms with van der Waals surface area (Å²) in [5, 5.41) is 11.6. The number of carbonyl (C=O) groups is 1. The number of nitrogens with zero attached hydrogens (tertiary/aromatic N) is 3. The van der Waals surface area contributed by atoms with Crippen LogP contribution in [0.1, 0.15) is 25.3 Å². The molecule has 0 atom stereocenters. The van der Waals surface area contributed by atoms with Crippen LogP contribution in [-0.2, 0) is 6.42 Å². The zero-order valence-electron chi connectivity index (χ0n) is 14.7. The molecule has 3 heterocycles. The molecule has 0 aliphatic carbocycles. The summed E-state index contributed by atoms with van der Waals surface area (Å²) in [6, 6.07) is 18.1. The molecule has 0 saturated heterocycles. The normalized spacial score (nSPS) is 11.0. The molecule has 0 saturated carbocycles. The molecule has 4 rings (SSSR count). The van der Waals surface area contributed by atoms with Gasteiger partial charge in [0.2, 0.25) is 0 Å². The number of hydrogen-bond donors (Lipinski definition) is 0. The molecule has 0 aliphatic heterocycles. The highest BCUT2D eigenvalue weighted by atomic mass is 32.2. The lowest BCUT2D eigenvalue weighted by atomic mass is 10.3. The molecule has 0 N–H and O–H groups in total. The van der Waals surface area contributed by atoms with Gasteiger partial charge in [-0.25, -0.2) is 0 Å². The third-order valence-electron chi connectivity index (χ3n) is 3.97. The van der Waals surface area contributed by atoms with Crippen LogP contribution >= 0.6 is 34.4 Å². The number of Topliss-reactive ketones (excluding diaryl/α,β-unsaturated/α-hetero) is 1. The second-order valence-corrected chi connectivity index (χ2v) is 9.21. The number of thiophene rings is 2. The Morgan fingerprint density at radius 1 is 1.07 bits per heavy atom. The Kier molecular flexibility index (Phi) is 5.52. The van der Waals surface area contributed by atoms with Crippen LogP contribution in [0.5, 0.6) is 0 Å². The number of para-hydroxylation sites is 1. The van der Waals surface area contributed by atoms with Gasteiger partial charge in [0, 0.05) is 21.9 Å². The van der Waals surface area contributed by atoms with Gasteiger partial charge in [0.15, 0.2) is 10.9 Å². The van der Waals surface area contributed by atoms with E-state index >= 15 is 0 Å². The number of ketones is 1. The van der Waals surface area contributed by atoms with Crippen LogP contribution < -0.4 is 0 Å². The molecule has 0 fully saturated rings. The largest absolute Gasteiger partial charge is 0.292 e. The van der Waals surface area contributed by atoms with Gasteiger partial charge < -0.3 is 0 Å². The van der Waals surface area contributed by atoms with Crippen molar-refractivity contribution in [2.24, 2.45) is 0 Å². The Hall–Kier alpha value is -2.22. The minimum atomic E-state index is 0.125. The van der Waals surface area contributed by atoms with E-state index in [1.54, 1.807) is 11.3 Å². The fourth-order valence-electron chi connectivity index (χ4n) is 2.70. The number of thioether (sulfide) groups is 1. The average Bonchev–Trinajstić information content (AvgIpc) is 3.42. The minimum Gasteiger partial charge on any atom is -0.292 e. The third-order valence-corrected chi connectivity index (χ3v) is 6.82. The monoisotopic (exact) mass is 411 g/mol. The van der Waals surface area contributed by atoms with Crippen molar-refractivity contribution in [2.45, 2.75) is 18.5 Å². The van der Waals surface area contributed by atoms with Crippen molar-refractivity contribution in [1.29, 1.82) is 0 Å². The van der Waals surface area contributed by atoms with Crippen LogP contribution in [-0.4, -0.2) is 26.3 Å². The zero-order chi connectivity index (χ0) is 18.6. The summed E-state index contributed by atoms with van der Waals surface area (Å²) in [5.74, 6) is 1.36. The fraction of sp³-hybridized carbons (Fsp3) is 0.150. The van der Waals surface area contributed by atoms with Gasteiger partial charge in [-0.1, -0.05) is 36.0 Å². The number of benzene rings is 1. The molecule has 0 radical (unpaired) electrons. The summed E-state index contributed by atoms with van der Waals surface area (Å²) < 4.78 is 2.05. The first kappa shape index (κ1) is 18.2. The molecule has 27 heavy (non-hydrogen) atoms. The Morgan fingerprint density at radius 2 is 1.93 bits per heavy atom. The van der Waals surface area contributed by atoms with Crippen LogP contribution in [0.4, 0.5) is 0 Å². The minimum absolute atomic E-state index is 0.125. The molecule has 4 aromatic rings. The summed E-state index contributed by atoms with van der Waals surface area (Å²) in [6.07, 6.45) is 0.720. The van der Waals surface area contributed by atoms with Gasteiger partial charge in [0.05, 0.1) is 10.6 Å². The lowest BCUT2D eigenvalue weighted by molar-refractivity contribution is 0.102. The maximum absolute atomic E-state index is 12.5. The van der Waals surface area contributed by atoms with Crippen LogP contribution in [0.15, 0.2) is 65.1 Å². The molecule has 4 nitrogen and oxygen atoms in total. The van der Waals surface area contributed by atoms with Crippen LogP contribution in [0.25, 0.3) is 5.69 Å². The van der Waals surface area contributed by atoms with E-state index in [0.717, 1.165) is 32.8 Å². The number of hydrogen-bond acceptors (Lipinski definition) is 6. The van der Waals surface area contributed by atoms with Crippen molar-refractivity contribution in [3.05, 3.63) is 80.4 Å². The van der Waals surface area contributed by atoms with E-state index in [1.807, 2.05) is 55.5 Å². The van der Waals surface area contributed by atoms with Crippen molar-refractivity contribution in [1.82, 2.24) is 14.8 Å². The standard InChI is InChI=1S/C20H17N3OS3/c1-14-9-10-18(27-14)17(24)13-26-20-22-21-19(12-16-8-5-11-25-16)23(20)15-6-3-2-4-7-15/h2-11H,12-13H2,1H3. The van der Waals surface area contributed by atoms with Crippen LogP contribution in [0.3, 0.4) is 0 Å². The van der Waals surface area contributed by atoms with Crippen LogP contribution in [0.2, 0.25) is 0 Å². The summed E-state index contributed by atoms with van der Waals surface area (Å²) in [4.78, 5) is 15.7. The molecule has 7 heteroatoms. The Labute approximate surface area is 169 Å². The van der Waals surface area contributed by atoms with Crippen molar-refractivity contribution in [2.75, 3.05) is 5.75 Å². The Bertz CT molecular complexity index is 1040. The summed E-state index contributed by atoms with van der Waals surface area (Å²) in [7, 11) is 0. The molecule has 0 bridgehead atoms. The average molecular weight is 412 g/mol. The summed E-state index contributed by atoms with van der Waals surface area (Å²) in [5.41, 5.74) is 1.01. The van der Waals surface area contributed by atoms with Crippen molar-refractivity contribution >= 4 is 40.2 Å². The summed E-state index contributed by atoms with van der Waals surface area (Å²) in [6.45, 7) is 2.01. The van der Waals surface area contributed by atoms with E-state index in [1.165, 1.54) is 28.0 Å². The lowest BCUT2D eigenvalue weighted by Crippen LogP contribution is -2.05. The van der Waals surface area contributed by atoms with Gasteiger partial charge >= 0.3 is 0 Å². The number of rotatable bonds is 7. The van der Waals surface area contributed by atoms with Gasteiger partial charge in [-0.15, -0.1) is 32.9 Å². The van der Waals surface area contributed by atoms with E-state index in [4.69, 9.17) is 0 Å². The van der Waals surface area contributed by atoms with Gasteiger partial charge in [0.1, 0.15) is 5.82 Å². The molecule has 1 aromatic carbocycles. The van der Waals surface area contributed by atoms with Gasteiger partial charge in [-0.05, 0) is 42.6 Å². The highest BCUT2D eigenvalue weighted by Crippen LogP contribution is 2.26. The fourth-order valence-corrected chi connectivity index (χ4v) is 5.15. The van der Waals surface area contributed by atoms with E-state index < -0.39 is 0 Å². The van der Waals surface area contributed by atoms with Gasteiger partial charge in [0.25, 0.3) is 0 Å². The first-order valence-corrected chi connectivity index (χ1v) is 11.1. The Morgan fingerprint density at radius 3 is 2.63 bits per heavy atom. The topological polar surface area (TPSA) is 47.8 Å². The predicted octanol–water partition coefficient (Wildman–Crippen LogP) is 5.26. The SMILES string of the molecule is Cc1ccc(C(=O)CSc2nnc(Cc3cccs3)n2-c2ccccc2)s1. The van der Waals surface area contributed by atoms with E-state index in [-0.39, 0.29) is 5.78 Å². The molecule has 136 valence electrons. The number of aryl methyl sites for hydroxylation is 1. The third kappa shape index (κ3) is 4.21. The molecule has 0 amide bonds. The highest BCUT2D eigenvalue weighted by molar-refractivity contribution is 7.99. The molecule has 0 aliphatic rings. The molecule has 0 unspecified atom stereocenters.